The molecule has 106 valence electrons. The zero-order valence-corrected chi connectivity index (χ0v) is 12.5. The summed E-state index contributed by atoms with van der Waals surface area (Å²) in [5, 5.41) is 10.3. The van der Waals surface area contributed by atoms with Crippen molar-refractivity contribution in [2.24, 2.45) is 11.8 Å². The molecular formula is C15H19N3OS. The SMILES string of the molecule is CC1CCCN(c2sc(C(=O)C3CC3)c(N)c2C#N)C1. The minimum Gasteiger partial charge on any atom is -0.396 e. The van der Waals surface area contributed by atoms with Gasteiger partial charge >= 0.3 is 0 Å². The second kappa shape index (κ2) is 5.10. The van der Waals surface area contributed by atoms with Crippen LogP contribution in [-0.4, -0.2) is 18.9 Å². The van der Waals surface area contributed by atoms with E-state index in [1.165, 1.54) is 17.8 Å². The van der Waals surface area contributed by atoms with Gasteiger partial charge in [-0.1, -0.05) is 6.92 Å². The van der Waals surface area contributed by atoms with Gasteiger partial charge in [-0.25, -0.2) is 0 Å². The highest BCUT2D eigenvalue weighted by atomic mass is 32.1. The quantitative estimate of drug-likeness (QED) is 0.868. The van der Waals surface area contributed by atoms with E-state index in [1.807, 2.05) is 0 Å². The summed E-state index contributed by atoms with van der Waals surface area (Å²) in [6.07, 6.45) is 4.30. The van der Waals surface area contributed by atoms with E-state index in [9.17, 15) is 10.1 Å². The van der Waals surface area contributed by atoms with E-state index in [1.54, 1.807) is 0 Å². The number of carbonyl (C=O) groups is 1. The van der Waals surface area contributed by atoms with Gasteiger partial charge in [-0.2, -0.15) is 5.26 Å². The van der Waals surface area contributed by atoms with Crippen LogP contribution < -0.4 is 10.6 Å². The second-order valence-electron chi connectivity index (χ2n) is 5.97. The molecule has 1 atom stereocenters. The van der Waals surface area contributed by atoms with E-state index in [0.717, 1.165) is 37.4 Å². The third-order valence-corrected chi connectivity index (χ3v) is 5.44. The fraction of sp³-hybridized carbons (Fsp3) is 0.600. The molecule has 3 rings (SSSR count). The zero-order valence-electron chi connectivity index (χ0n) is 11.7. The van der Waals surface area contributed by atoms with Gasteiger partial charge in [0.15, 0.2) is 5.78 Å². The monoisotopic (exact) mass is 289 g/mol. The highest BCUT2D eigenvalue weighted by Gasteiger charge is 2.35. The van der Waals surface area contributed by atoms with E-state index in [-0.39, 0.29) is 11.7 Å². The minimum absolute atomic E-state index is 0.139. The summed E-state index contributed by atoms with van der Waals surface area (Å²) in [6.45, 7) is 4.13. The first kappa shape index (κ1) is 13.4. The van der Waals surface area contributed by atoms with Crippen molar-refractivity contribution in [2.75, 3.05) is 23.7 Å². The lowest BCUT2D eigenvalue weighted by Crippen LogP contribution is -2.34. The normalized spacial score (nSPS) is 22.6. The molecule has 20 heavy (non-hydrogen) atoms. The summed E-state index contributed by atoms with van der Waals surface area (Å²) in [4.78, 5) is 15.1. The smallest absolute Gasteiger partial charge is 0.178 e. The van der Waals surface area contributed by atoms with Crippen LogP contribution in [0.3, 0.4) is 0 Å². The van der Waals surface area contributed by atoms with Crippen molar-refractivity contribution in [2.45, 2.75) is 32.6 Å². The number of nitrogens with zero attached hydrogens (tertiary/aromatic N) is 2. The maximum atomic E-state index is 12.3. The summed E-state index contributed by atoms with van der Waals surface area (Å²) < 4.78 is 0. The van der Waals surface area contributed by atoms with Crippen LogP contribution in [0.25, 0.3) is 0 Å². The molecule has 5 heteroatoms. The maximum absolute atomic E-state index is 12.3. The van der Waals surface area contributed by atoms with Crippen LogP contribution in [0.5, 0.6) is 0 Å². The first-order valence-corrected chi connectivity index (χ1v) is 8.05. The van der Waals surface area contributed by atoms with Gasteiger partial charge < -0.3 is 10.6 Å². The highest BCUT2D eigenvalue weighted by molar-refractivity contribution is 7.19. The summed E-state index contributed by atoms with van der Waals surface area (Å²) >= 11 is 1.42. The Morgan fingerprint density at radius 2 is 2.20 bits per heavy atom. The van der Waals surface area contributed by atoms with E-state index in [2.05, 4.69) is 17.9 Å². The molecule has 4 nitrogen and oxygen atoms in total. The predicted molar refractivity (Wildman–Crippen MR) is 81.1 cm³/mol. The van der Waals surface area contributed by atoms with Gasteiger partial charge in [-0.15, -0.1) is 11.3 Å². The first-order valence-electron chi connectivity index (χ1n) is 7.23. The summed E-state index contributed by atoms with van der Waals surface area (Å²) in [5.41, 5.74) is 6.98. The van der Waals surface area contributed by atoms with Gasteiger partial charge in [0.1, 0.15) is 16.6 Å². The van der Waals surface area contributed by atoms with Crippen LogP contribution in [0.2, 0.25) is 0 Å². The van der Waals surface area contributed by atoms with Crippen LogP contribution in [0.15, 0.2) is 0 Å². The second-order valence-corrected chi connectivity index (χ2v) is 6.97. The van der Waals surface area contributed by atoms with Crippen molar-refractivity contribution < 1.29 is 4.79 Å². The Labute approximate surface area is 123 Å². The standard InChI is InChI=1S/C15H19N3OS/c1-9-3-2-6-18(8-9)15-11(7-16)12(17)14(20-15)13(19)10-4-5-10/h9-10H,2-6,8,17H2,1H3. The maximum Gasteiger partial charge on any atom is 0.178 e. The molecule has 0 radical (unpaired) electrons. The molecule has 1 aromatic heterocycles. The number of nitrogen functional groups attached to an aromatic ring is 1. The number of anilines is 2. The number of piperidine rings is 1. The molecule has 1 aliphatic carbocycles. The van der Waals surface area contributed by atoms with Crippen molar-refractivity contribution in [3.05, 3.63) is 10.4 Å². The predicted octanol–water partition coefficient (Wildman–Crippen LogP) is 3.03. The number of nitrogens with two attached hydrogens (primary N) is 1. The Morgan fingerprint density at radius 3 is 2.80 bits per heavy atom. The average Bonchev–Trinajstić information content (AvgIpc) is 3.22. The third kappa shape index (κ3) is 2.29. The minimum atomic E-state index is 0.139. The van der Waals surface area contributed by atoms with E-state index < -0.39 is 0 Å². The molecule has 1 aromatic rings. The Hall–Kier alpha value is -1.54. The van der Waals surface area contributed by atoms with Crippen LogP contribution >= 0.6 is 11.3 Å². The van der Waals surface area contributed by atoms with Gasteiger partial charge in [0.25, 0.3) is 0 Å². The van der Waals surface area contributed by atoms with Crippen molar-refractivity contribution in [1.82, 2.24) is 0 Å². The zero-order chi connectivity index (χ0) is 14.3. The average molecular weight is 289 g/mol. The fourth-order valence-corrected chi connectivity index (χ4v) is 4.08. The number of hydrogen-bond acceptors (Lipinski definition) is 5. The number of rotatable bonds is 3. The highest BCUT2D eigenvalue weighted by Crippen LogP contribution is 2.43. The summed E-state index contributed by atoms with van der Waals surface area (Å²) in [7, 11) is 0. The molecule has 0 spiro atoms. The molecule has 1 saturated carbocycles. The largest absolute Gasteiger partial charge is 0.396 e. The molecule has 0 aromatic carbocycles. The molecule has 2 N–H and O–H groups in total. The lowest BCUT2D eigenvalue weighted by molar-refractivity contribution is 0.0972. The molecule has 1 aliphatic heterocycles. The van der Waals surface area contributed by atoms with Crippen LogP contribution in [0, 0.1) is 23.2 Å². The molecular weight excluding hydrogens is 270 g/mol. The van der Waals surface area contributed by atoms with E-state index >= 15 is 0 Å². The summed E-state index contributed by atoms with van der Waals surface area (Å²) in [6, 6.07) is 2.20. The van der Waals surface area contributed by atoms with Crippen LogP contribution in [0.1, 0.15) is 47.8 Å². The van der Waals surface area contributed by atoms with Crippen molar-refractivity contribution >= 4 is 27.8 Å². The Morgan fingerprint density at radius 1 is 1.45 bits per heavy atom. The molecule has 2 aliphatic rings. The number of ketones is 1. The van der Waals surface area contributed by atoms with Gasteiger partial charge in [0.05, 0.1) is 10.6 Å². The van der Waals surface area contributed by atoms with Crippen molar-refractivity contribution in [1.29, 1.82) is 5.26 Å². The lowest BCUT2D eigenvalue weighted by atomic mass is 10.0. The van der Waals surface area contributed by atoms with Crippen LogP contribution in [0.4, 0.5) is 10.7 Å². The molecule has 1 saturated heterocycles. The number of nitriles is 1. The fourth-order valence-electron chi connectivity index (χ4n) is 2.85. The third-order valence-electron chi connectivity index (χ3n) is 4.15. The molecule has 0 amide bonds. The molecule has 2 fully saturated rings. The van der Waals surface area contributed by atoms with E-state index in [4.69, 9.17) is 5.73 Å². The van der Waals surface area contributed by atoms with Gasteiger partial charge in [0, 0.05) is 19.0 Å². The molecule has 0 bridgehead atoms. The van der Waals surface area contributed by atoms with Crippen molar-refractivity contribution in [3.8, 4) is 6.07 Å². The first-order chi connectivity index (χ1) is 9.61. The van der Waals surface area contributed by atoms with Gasteiger partial charge in [-0.3, -0.25) is 4.79 Å². The number of Topliss-reactive ketones (excluding diaryl/α,β-unsaturated/α-hetero) is 1. The number of hydrogen-bond donors (Lipinski definition) is 1. The van der Waals surface area contributed by atoms with Gasteiger partial charge in [0.2, 0.25) is 0 Å². The van der Waals surface area contributed by atoms with Crippen LogP contribution in [-0.2, 0) is 0 Å². The molecule has 1 unspecified atom stereocenters. The topological polar surface area (TPSA) is 70.1 Å². The van der Waals surface area contributed by atoms with Gasteiger partial charge in [-0.05, 0) is 31.6 Å². The summed E-state index contributed by atoms with van der Waals surface area (Å²) in [5.74, 6) is 0.914. The lowest BCUT2D eigenvalue weighted by Gasteiger charge is -2.31. The number of thiophene rings is 1. The molecule has 2 heterocycles. The van der Waals surface area contributed by atoms with E-state index in [0.29, 0.717) is 22.0 Å². The van der Waals surface area contributed by atoms with Crippen molar-refractivity contribution in [3.63, 3.8) is 0 Å². The number of carbonyl (C=O) groups excluding carboxylic acids is 1. The Kier molecular flexibility index (Phi) is 3.43. The Balaban J connectivity index is 1.95. The Bertz CT molecular complexity index is 583.